The van der Waals surface area contributed by atoms with Gasteiger partial charge in [-0.25, -0.2) is 4.79 Å². The lowest BCUT2D eigenvalue weighted by Gasteiger charge is -2.34. The predicted octanol–water partition coefficient (Wildman–Crippen LogP) is 3.51. The van der Waals surface area contributed by atoms with Gasteiger partial charge in [0, 0.05) is 36.7 Å². The van der Waals surface area contributed by atoms with Gasteiger partial charge < -0.3 is 19.9 Å². The van der Waals surface area contributed by atoms with E-state index >= 15 is 0 Å². The lowest BCUT2D eigenvalue weighted by molar-refractivity contribution is 0.155. The second kappa shape index (κ2) is 7.51. The monoisotopic (exact) mass is 351 g/mol. The van der Waals surface area contributed by atoms with Gasteiger partial charge in [0.05, 0.1) is 12.8 Å². The second-order valence-electron chi connectivity index (χ2n) is 6.74. The van der Waals surface area contributed by atoms with Crippen LogP contribution in [0.1, 0.15) is 32.6 Å². The molecule has 2 heterocycles. The Labute approximate surface area is 148 Å². The van der Waals surface area contributed by atoms with Crippen molar-refractivity contribution in [1.82, 2.24) is 10.2 Å². The first kappa shape index (κ1) is 17.2. The quantitative estimate of drug-likeness (QED) is 0.906. The van der Waals surface area contributed by atoms with Crippen molar-refractivity contribution in [2.24, 2.45) is 0 Å². The molecule has 2 saturated heterocycles. The Kier molecular flexibility index (Phi) is 5.39. The maximum atomic E-state index is 12.5. The largest absolute Gasteiger partial charge is 0.495 e. The first-order valence-electron chi connectivity index (χ1n) is 8.74. The van der Waals surface area contributed by atoms with E-state index in [0.717, 1.165) is 50.3 Å². The molecule has 24 heavy (non-hydrogen) atoms. The molecule has 0 saturated carbocycles. The van der Waals surface area contributed by atoms with Gasteiger partial charge in [0.15, 0.2) is 0 Å². The molecule has 2 amide bonds. The lowest BCUT2D eigenvalue weighted by Crippen LogP contribution is -2.50. The highest BCUT2D eigenvalue weighted by Gasteiger charge is 2.29. The van der Waals surface area contributed by atoms with E-state index in [0.29, 0.717) is 11.1 Å². The van der Waals surface area contributed by atoms with Crippen LogP contribution in [0.5, 0.6) is 5.75 Å². The first-order valence-corrected chi connectivity index (χ1v) is 9.12. The summed E-state index contributed by atoms with van der Waals surface area (Å²) in [6.07, 6.45) is 4.36. The summed E-state index contributed by atoms with van der Waals surface area (Å²) in [4.78, 5) is 16.7. The van der Waals surface area contributed by atoms with Crippen molar-refractivity contribution >= 4 is 23.3 Å². The first-order chi connectivity index (χ1) is 11.6. The Bertz CT molecular complexity index is 596. The number of methoxy groups -OCH3 is 1. The fourth-order valence-corrected chi connectivity index (χ4v) is 3.83. The number of benzene rings is 1. The summed E-state index contributed by atoms with van der Waals surface area (Å²) in [5.74, 6) is 0.816. The van der Waals surface area contributed by atoms with Crippen LogP contribution in [-0.2, 0) is 0 Å². The average molecular weight is 352 g/mol. The Morgan fingerprint density at radius 1 is 1.29 bits per heavy atom. The maximum absolute atomic E-state index is 12.5. The molecule has 2 unspecified atom stereocenters. The Morgan fingerprint density at radius 3 is 2.88 bits per heavy atom. The number of carbonyl (C=O) groups is 1. The normalized spacial score (nSPS) is 24.1. The molecule has 2 fully saturated rings. The average Bonchev–Trinajstić information content (AvgIpc) is 3.03. The van der Waals surface area contributed by atoms with Gasteiger partial charge in [-0.05, 0) is 50.8 Å². The molecule has 5 nitrogen and oxygen atoms in total. The number of halogens is 1. The zero-order valence-electron chi connectivity index (χ0n) is 14.4. The number of urea groups is 1. The van der Waals surface area contributed by atoms with Crippen molar-refractivity contribution in [1.29, 1.82) is 0 Å². The molecule has 0 spiro atoms. The van der Waals surface area contributed by atoms with E-state index in [4.69, 9.17) is 16.3 Å². The molecule has 0 radical (unpaired) electrons. The summed E-state index contributed by atoms with van der Waals surface area (Å²) in [7, 11) is 1.67. The second-order valence-corrected chi connectivity index (χ2v) is 7.17. The van der Waals surface area contributed by atoms with Crippen molar-refractivity contribution in [3.8, 4) is 5.75 Å². The summed E-state index contributed by atoms with van der Waals surface area (Å²) in [5, 5.41) is 3.90. The van der Waals surface area contributed by atoms with E-state index in [-0.39, 0.29) is 12.1 Å². The number of carbonyl (C=O) groups excluding carboxylic acids is 1. The van der Waals surface area contributed by atoms with Gasteiger partial charge >= 0.3 is 6.03 Å². The molecule has 0 aromatic heterocycles. The summed E-state index contributed by atoms with van der Waals surface area (Å²) in [6.45, 7) is 4.67. The number of hydrogen-bond acceptors (Lipinski definition) is 3. The summed E-state index contributed by atoms with van der Waals surface area (Å²) < 4.78 is 5.44. The summed E-state index contributed by atoms with van der Waals surface area (Å²) in [5.41, 5.74) is 0.994. The molecular formula is C18H26ClN3O2. The molecule has 132 valence electrons. The van der Waals surface area contributed by atoms with Crippen LogP contribution in [-0.4, -0.2) is 49.8 Å². The van der Waals surface area contributed by atoms with Crippen LogP contribution in [0.3, 0.4) is 0 Å². The smallest absolute Gasteiger partial charge is 0.317 e. The third kappa shape index (κ3) is 3.72. The van der Waals surface area contributed by atoms with E-state index in [1.807, 2.05) is 23.1 Å². The number of ether oxygens (including phenoxy) is 1. The third-order valence-electron chi connectivity index (χ3n) is 5.06. The van der Waals surface area contributed by atoms with Crippen LogP contribution in [0.15, 0.2) is 18.2 Å². The number of hydrogen-bond donors (Lipinski definition) is 1. The molecular weight excluding hydrogens is 326 g/mol. The van der Waals surface area contributed by atoms with Crippen LogP contribution in [0.25, 0.3) is 0 Å². The molecule has 2 atom stereocenters. The van der Waals surface area contributed by atoms with Gasteiger partial charge in [-0.2, -0.15) is 0 Å². The Morgan fingerprint density at radius 2 is 2.12 bits per heavy atom. The fourth-order valence-electron chi connectivity index (χ4n) is 3.66. The number of likely N-dealkylation sites (tertiary alicyclic amines) is 1. The van der Waals surface area contributed by atoms with Crippen molar-refractivity contribution in [2.75, 3.05) is 31.6 Å². The van der Waals surface area contributed by atoms with Crippen molar-refractivity contribution < 1.29 is 9.53 Å². The predicted molar refractivity (Wildman–Crippen MR) is 97.2 cm³/mol. The van der Waals surface area contributed by atoms with Crippen LogP contribution < -0.4 is 15.0 Å². The Hall–Kier alpha value is -1.62. The molecule has 2 aliphatic heterocycles. The summed E-state index contributed by atoms with van der Waals surface area (Å²) in [6, 6.07) is 6.22. The van der Waals surface area contributed by atoms with Crippen molar-refractivity contribution in [3.63, 3.8) is 0 Å². The highest BCUT2D eigenvalue weighted by atomic mass is 35.5. The number of nitrogens with one attached hydrogen (secondary N) is 1. The fraction of sp³-hybridized carbons (Fsp3) is 0.611. The molecule has 2 aliphatic rings. The zero-order valence-corrected chi connectivity index (χ0v) is 15.2. The minimum Gasteiger partial charge on any atom is -0.495 e. The molecule has 1 aromatic carbocycles. The lowest BCUT2D eigenvalue weighted by atomic mass is 10.0. The zero-order chi connectivity index (χ0) is 17.1. The van der Waals surface area contributed by atoms with E-state index in [9.17, 15) is 4.79 Å². The number of amides is 2. The topological polar surface area (TPSA) is 44.8 Å². The van der Waals surface area contributed by atoms with Gasteiger partial charge in [0.1, 0.15) is 5.75 Å². The maximum Gasteiger partial charge on any atom is 0.317 e. The van der Waals surface area contributed by atoms with Crippen LogP contribution >= 0.6 is 11.6 Å². The van der Waals surface area contributed by atoms with Gasteiger partial charge in [-0.1, -0.05) is 11.6 Å². The van der Waals surface area contributed by atoms with Crippen LogP contribution in [0, 0.1) is 0 Å². The van der Waals surface area contributed by atoms with E-state index < -0.39 is 0 Å². The minimum absolute atomic E-state index is 0.0760. The van der Waals surface area contributed by atoms with Crippen molar-refractivity contribution in [3.05, 3.63) is 23.2 Å². The Balaban J connectivity index is 1.61. The van der Waals surface area contributed by atoms with E-state index in [2.05, 4.69) is 17.1 Å². The number of anilines is 1. The summed E-state index contributed by atoms with van der Waals surface area (Å²) >= 11 is 6.13. The van der Waals surface area contributed by atoms with Gasteiger partial charge in [-0.15, -0.1) is 0 Å². The SMILES string of the molecule is COc1ccc(Cl)cc1N1CCC(NC(=O)N2CCCCC2C)C1. The molecule has 1 N–H and O–H groups in total. The minimum atomic E-state index is 0.0760. The van der Waals surface area contributed by atoms with Gasteiger partial charge in [-0.3, -0.25) is 0 Å². The van der Waals surface area contributed by atoms with Crippen molar-refractivity contribution in [2.45, 2.75) is 44.7 Å². The molecule has 0 bridgehead atoms. The van der Waals surface area contributed by atoms with Crippen LogP contribution in [0.4, 0.5) is 10.5 Å². The van der Waals surface area contributed by atoms with E-state index in [1.54, 1.807) is 7.11 Å². The highest BCUT2D eigenvalue weighted by molar-refractivity contribution is 6.30. The standard InChI is InChI=1S/C18H26ClN3O2/c1-13-5-3-4-9-22(13)18(23)20-15-8-10-21(12-15)16-11-14(19)6-7-17(16)24-2/h6-7,11,13,15H,3-5,8-10,12H2,1-2H3,(H,20,23). The van der Waals surface area contributed by atoms with Crippen LogP contribution in [0.2, 0.25) is 5.02 Å². The number of nitrogens with zero attached hydrogens (tertiary/aromatic N) is 2. The molecule has 6 heteroatoms. The number of rotatable bonds is 3. The molecule has 1 aromatic rings. The van der Waals surface area contributed by atoms with Gasteiger partial charge in [0.2, 0.25) is 0 Å². The molecule has 3 rings (SSSR count). The third-order valence-corrected chi connectivity index (χ3v) is 5.30. The molecule has 0 aliphatic carbocycles. The van der Waals surface area contributed by atoms with Gasteiger partial charge in [0.25, 0.3) is 0 Å². The highest BCUT2D eigenvalue weighted by Crippen LogP contribution is 2.33. The van der Waals surface area contributed by atoms with E-state index in [1.165, 1.54) is 6.42 Å². The number of piperidine rings is 1.